The van der Waals surface area contributed by atoms with Crippen LogP contribution >= 0.6 is 0 Å². The standard InChI is InChI=1S/C17H20N4O2/c22-15(19-12-5-1-2-6-12)11-21-14-8-4-3-7-13(14)16-18-9-10-20(16)17(21)23/h3-4,7-8,12H,1-2,5-6,9-11H2,(H,19,22). The molecule has 0 radical (unpaired) electrons. The summed E-state index contributed by atoms with van der Waals surface area (Å²) in [5.74, 6) is 0.651. The predicted molar refractivity (Wildman–Crippen MR) is 87.7 cm³/mol. The molecule has 120 valence electrons. The maximum absolute atomic E-state index is 12.7. The van der Waals surface area contributed by atoms with Gasteiger partial charge in [0, 0.05) is 18.2 Å². The summed E-state index contributed by atoms with van der Waals surface area (Å²) in [5, 5.41) is 3.06. The number of fused-ring (bicyclic) bond motifs is 3. The van der Waals surface area contributed by atoms with Crippen molar-refractivity contribution in [2.24, 2.45) is 4.99 Å². The molecule has 0 unspecified atom stereocenters. The molecule has 1 N–H and O–H groups in total. The van der Waals surface area contributed by atoms with Crippen molar-refractivity contribution >= 4 is 23.5 Å². The molecule has 0 spiro atoms. The molecule has 2 aliphatic heterocycles. The fourth-order valence-electron chi connectivity index (χ4n) is 3.65. The predicted octanol–water partition coefficient (Wildman–Crippen LogP) is 1.75. The largest absolute Gasteiger partial charge is 0.352 e. The second kappa shape index (κ2) is 5.68. The topological polar surface area (TPSA) is 65.0 Å². The van der Waals surface area contributed by atoms with Crippen molar-refractivity contribution in [1.82, 2.24) is 10.2 Å². The van der Waals surface area contributed by atoms with Crippen molar-refractivity contribution in [2.75, 3.05) is 24.5 Å². The van der Waals surface area contributed by atoms with Crippen LogP contribution in [0.5, 0.6) is 0 Å². The monoisotopic (exact) mass is 312 g/mol. The molecule has 0 atom stereocenters. The Morgan fingerprint density at radius 1 is 1.26 bits per heavy atom. The third-order valence-electron chi connectivity index (χ3n) is 4.76. The van der Waals surface area contributed by atoms with E-state index in [9.17, 15) is 9.59 Å². The highest BCUT2D eigenvalue weighted by molar-refractivity contribution is 6.20. The van der Waals surface area contributed by atoms with Crippen molar-refractivity contribution in [3.8, 4) is 0 Å². The van der Waals surface area contributed by atoms with Crippen LogP contribution in [-0.4, -0.2) is 48.3 Å². The zero-order valence-corrected chi connectivity index (χ0v) is 13.0. The molecule has 6 nitrogen and oxygen atoms in total. The van der Waals surface area contributed by atoms with Crippen LogP contribution in [0.25, 0.3) is 0 Å². The molecule has 23 heavy (non-hydrogen) atoms. The van der Waals surface area contributed by atoms with E-state index < -0.39 is 0 Å². The lowest BCUT2D eigenvalue weighted by atomic mass is 10.1. The Bertz CT molecular complexity index is 679. The Balaban J connectivity index is 1.58. The first-order valence-corrected chi connectivity index (χ1v) is 8.26. The van der Waals surface area contributed by atoms with E-state index in [2.05, 4.69) is 10.3 Å². The molecule has 1 aromatic carbocycles. The van der Waals surface area contributed by atoms with Crippen molar-refractivity contribution in [3.63, 3.8) is 0 Å². The third kappa shape index (κ3) is 2.48. The number of rotatable bonds is 3. The van der Waals surface area contributed by atoms with Crippen LogP contribution in [-0.2, 0) is 4.79 Å². The zero-order chi connectivity index (χ0) is 15.8. The number of amidine groups is 1. The van der Waals surface area contributed by atoms with Gasteiger partial charge < -0.3 is 5.32 Å². The quantitative estimate of drug-likeness (QED) is 0.924. The number of anilines is 1. The lowest BCUT2D eigenvalue weighted by molar-refractivity contribution is -0.120. The third-order valence-corrected chi connectivity index (χ3v) is 4.76. The molecule has 0 aromatic heterocycles. The number of amides is 3. The summed E-state index contributed by atoms with van der Waals surface area (Å²) in [6.07, 6.45) is 4.42. The van der Waals surface area contributed by atoms with Crippen molar-refractivity contribution in [2.45, 2.75) is 31.7 Å². The van der Waals surface area contributed by atoms with E-state index in [4.69, 9.17) is 0 Å². The molecule has 2 heterocycles. The van der Waals surface area contributed by atoms with Crippen LogP contribution in [0.1, 0.15) is 31.2 Å². The fraction of sp³-hybridized carbons (Fsp3) is 0.471. The number of hydrogen-bond acceptors (Lipinski definition) is 3. The van der Waals surface area contributed by atoms with Gasteiger partial charge in [-0.15, -0.1) is 0 Å². The van der Waals surface area contributed by atoms with Gasteiger partial charge in [-0.05, 0) is 25.0 Å². The Kier molecular flexibility index (Phi) is 3.52. The van der Waals surface area contributed by atoms with E-state index in [-0.39, 0.29) is 24.5 Å². The lowest BCUT2D eigenvalue weighted by Crippen LogP contribution is -2.53. The van der Waals surface area contributed by atoms with E-state index in [1.165, 1.54) is 12.8 Å². The molecule has 6 heteroatoms. The highest BCUT2D eigenvalue weighted by atomic mass is 16.2. The van der Waals surface area contributed by atoms with Crippen molar-refractivity contribution < 1.29 is 9.59 Å². The highest BCUT2D eigenvalue weighted by Crippen LogP contribution is 2.30. The first-order valence-electron chi connectivity index (χ1n) is 8.26. The number of para-hydroxylation sites is 1. The Labute approximate surface area is 135 Å². The number of urea groups is 1. The van der Waals surface area contributed by atoms with Gasteiger partial charge in [0.15, 0.2) is 0 Å². The molecular weight excluding hydrogens is 292 g/mol. The number of carbonyl (C=O) groups is 2. The molecule has 3 aliphatic rings. The first kappa shape index (κ1) is 14.2. The fourth-order valence-corrected chi connectivity index (χ4v) is 3.65. The van der Waals surface area contributed by atoms with E-state index in [0.717, 1.165) is 29.9 Å². The van der Waals surface area contributed by atoms with Gasteiger partial charge in [0.1, 0.15) is 12.4 Å². The molecule has 1 fully saturated rings. The second-order valence-electron chi connectivity index (χ2n) is 6.29. The average Bonchev–Trinajstić information content (AvgIpc) is 3.23. The van der Waals surface area contributed by atoms with E-state index in [0.29, 0.717) is 13.1 Å². The molecule has 4 rings (SSSR count). The Hall–Kier alpha value is -2.37. The summed E-state index contributed by atoms with van der Waals surface area (Å²) >= 11 is 0. The zero-order valence-electron chi connectivity index (χ0n) is 13.0. The minimum absolute atomic E-state index is 0.0656. The Morgan fingerprint density at radius 2 is 2.04 bits per heavy atom. The second-order valence-corrected chi connectivity index (χ2v) is 6.29. The maximum atomic E-state index is 12.7. The molecule has 0 bridgehead atoms. The molecule has 3 amide bonds. The van der Waals surface area contributed by atoms with Gasteiger partial charge in [-0.1, -0.05) is 25.0 Å². The molecule has 1 aliphatic carbocycles. The van der Waals surface area contributed by atoms with Crippen LogP contribution in [0.2, 0.25) is 0 Å². The van der Waals surface area contributed by atoms with Crippen LogP contribution in [0.4, 0.5) is 10.5 Å². The van der Waals surface area contributed by atoms with Gasteiger partial charge in [-0.3, -0.25) is 19.6 Å². The number of benzene rings is 1. The average molecular weight is 312 g/mol. The Morgan fingerprint density at radius 3 is 2.87 bits per heavy atom. The number of carbonyl (C=O) groups excluding carboxylic acids is 2. The van der Waals surface area contributed by atoms with Gasteiger partial charge in [-0.25, -0.2) is 4.79 Å². The maximum Gasteiger partial charge on any atom is 0.330 e. The van der Waals surface area contributed by atoms with Gasteiger partial charge in [0.2, 0.25) is 5.91 Å². The number of hydrogen-bond donors (Lipinski definition) is 1. The van der Waals surface area contributed by atoms with Gasteiger partial charge in [-0.2, -0.15) is 0 Å². The van der Waals surface area contributed by atoms with Gasteiger partial charge in [0.25, 0.3) is 0 Å². The van der Waals surface area contributed by atoms with Crippen LogP contribution in [0.15, 0.2) is 29.3 Å². The summed E-state index contributed by atoms with van der Waals surface area (Å²) in [5.41, 5.74) is 1.70. The smallest absolute Gasteiger partial charge is 0.330 e. The number of nitrogens with one attached hydrogen (secondary N) is 1. The van der Waals surface area contributed by atoms with Crippen LogP contribution < -0.4 is 10.2 Å². The normalized spacial score (nSPS) is 20.3. The van der Waals surface area contributed by atoms with E-state index >= 15 is 0 Å². The minimum Gasteiger partial charge on any atom is -0.352 e. The van der Waals surface area contributed by atoms with Crippen LogP contribution in [0, 0.1) is 0 Å². The molecule has 1 aromatic rings. The summed E-state index contributed by atoms with van der Waals surface area (Å²) in [6.45, 7) is 1.27. The van der Waals surface area contributed by atoms with E-state index in [1.54, 1.807) is 9.80 Å². The lowest BCUT2D eigenvalue weighted by Gasteiger charge is -2.35. The van der Waals surface area contributed by atoms with Gasteiger partial charge in [0.05, 0.1) is 12.2 Å². The van der Waals surface area contributed by atoms with E-state index in [1.807, 2.05) is 24.3 Å². The SMILES string of the molecule is O=C(CN1C(=O)N2CCN=C2c2ccccc21)NC1CCCC1. The minimum atomic E-state index is -0.151. The van der Waals surface area contributed by atoms with Crippen molar-refractivity contribution in [1.29, 1.82) is 0 Å². The number of nitrogens with zero attached hydrogens (tertiary/aromatic N) is 3. The summed E-state index contributed by atoms with van der Waals surface area (Å²) < 4.78 is 0. The van der Waals surface area contributed by atoms with Gasteiger partial charge >= 0.3 is 6.03 Å². The van der Waals surface area contributed by atoms with Crippen LogP contribution in [0.3, 0.4) is 0 Å². The summed E-state index contributed by atoms with van der Waals surface area (Å²) in [4.78, 5) is 32.8. The molecule has 0 saturated heterocycles. The molecular formula is C17H20N4O2. The highest BCUT2D eigenvalue weighted by Gasteiger charge is 2.37. The summed E-state index contributed by atoms with van der Waals surface area (Å²) in [6, 6.07) is 7.78. The molecule has 1 saturated carbocycles. The number of aliphatic imine (C=N–C) groups is 1. The first-order chi connectivity index (χ1) is 11.2. The summed E-state index contributed by atoms with van der Waals surface area (Å²) in [7, 11) is 0. The van der Waals surface area contributed by atoms with Crippen molar-refractivity contribution in [3.05, 3.63) is 29.8 Å².